The molecule has 7 heteroatoms. The summed E-state index contributed by atoms with van der Waals surface area (Å²) in [6.07, 6.45) is 3.30. The molecule has 1 heterocycles. The SMILES string of the molecule is CN(Cc1cccnc1)S(=O)(=O)c1ccc(NN)cc1. The number of nitrogens with one attached hydrogen (secondary N) is 1. The Labute approximate surface area is 118 Å². The number of pyridine rings is 1. The van der Waals surface area contributed by atoms with Gasteiger partial charge in [0.1, 0.15) is 0 Å². The summed E-state index contributed by atoms with van der Waals surface area (Å²) in [5.41, 5.74) is 3.94. The summed E-state index contributed by atoms with van der Waals surface area (Å²) in [6, 6.07) is 9.88. The van der Waals surface area contributed by atoms with E-state index in [2.05, 4.69) is 10.4 Å². The Morgan fingerprint density at radius 3 is 2.50 bits per heavy atom. The van der Waals surface area contributed by atoms with Crippen LogP contribution in [0.25, 0.3) is 0 Å². The van der Waals surface area contributed by atoms with Crippen molar-refractivity contribution in [2.45, 2.75) is 11.4 Å². The van der Waals surface area contributed by atoms with Crippen molar-refractivity contribution in [2.24, 2.45) is 5.84 Å². The fourth-order valence-electron chi connectivity index (χ4n) is 1.74. The van der Waals surface area contributed by atoms with Gasteiger partial charge in [0.25, 0.3) is 0 Å². The molecule has 1 aromatic carbocycles. The van der Waals surface area contributed by atoms with Crippen LogP contribution < -0.4 is 11.3 Å². The van der Waals surface area contributed by atoms with E-state index in [-0.39, 0.29) is 11.4 Å². The van der Waals surface area contributed by atoms with E-state index in [1.165, 1.54) is 23.5 Å². The van der Waals surface area contributed by atoms with Crippen LogP contribution in [0.3, 0.4) is 0 Å². The summed E-state index contributed by atoms with van der Waals surface area (Å²) >= 11 is 0. The van der Waals surface area contributed by atoms with E-state index in [1.54, 1.807) is 30.6 Å². The number of hydrogen-bond donors (Lipinski definition) is 2. The van der Waals surface area contributed by atoms with Gasteiger partial charge in [-0.1, -0.05) is 6.07 Å². The lowest BCUT2D eigenvalue weighted by Gasteiger charge is -2.17. The summed E-state index contributed by atoms with van der Waals surface area (Å²) in [6.45, 7) is 0.271. The van der Waals surface area contributed by atoms with Gasteiger partial charge in [-0.3, -0.25) is 10.8 Å². The molecule has 0 aliphatic rings. The average Bonchev–Trinajstić information content (AvgIpc) is 2.48. The molecule has 0 atom stereocenters. The molecule has 2 rings (SSSR count). The van der Waals surface area contributed by atoms with Crippen LogP contribution in [0.1, 0.15) is 5.56 Å². The highest BCUT2D eigenvalue weighted by Crippen LogP contribution is 2.18. The highest BCUT2D eigenvalue weighted by atomic mass is 32.2. The highest BCUT2D eigenvalue weighted by molar-refractivity contribution is 7.89. The third-order valence-electron chi connectivity index (χ3n) is 2.86. The molecule has 1 aromatic heterocycles. The van der Waals surface area contributed by atoms with Crippen LogP contribution in [0, 0.1) is 0 Å². The smallest absolute Gasteiger partial charge is 0.243 e. The van der Waals surface area contributed by atoms with Crippen LogP contribution in [0.5, 0.6) is 0 Å². The third kappa shape index (κ3) is 3.13. The zero-order chi connectivity index (χ0) is 14.6. The molecule has 0 amide bonds. The molecular formula is C13H16N4O2S. The first-order valence-electron chi connectivity index (χ1n) is 5.96. The largest absolute Gasteiger partial charge is 0.324 e. The second-order valence-corrected chi connectivity index (χ2v) is 6.34. The lowest BCUT2D eigenvalue weighted by Crippen LogP contribution is -2.26. The zero-order valence-corrected chi connectivity index (χ0v) is 11.8. The number of rotatable bonds is 5. The van der Waals surface area contributed by atoms with E-state index < -0.39 is 10.0 Å². The normalized spacial score (nSPS) is 11.6. The van der Waals surface area contributed by atoms with E-state index in [0.717, 1.165) is 5.56 Å². The number of benzene rings is 1. The molecule has 0 saturated heterocycles. The molecule has 0 unspecified atom stereocenters. The number of hydrogen-bond acceptors (Lipinski definition) is 5. The molecule has 20 heavy (non-hydrogen) atoms. The van der Waals surface area contributed by atoms with Gasteiger partial charge in [-0.05, 0) is 35.9 Å². The predicted molar refractivity (Wildman–Crippen MR) is 77.1 cm³/mol. The molecule has 0 aliphatic heterocycles. The van der Waals surface area contributed by atoms with E-state index in [1.807, 2.05) is 6.07 Å². The van der Waals surface area contributed by atoms with E-state index in [0.29, 0.717) is 5.69 Å². The Bertz CT molecular complexity index is 657. The van der Waals surface area contributed by atoms with Crippen LogP contribution in [0.15, 0.2) is 53.7 Å². The van der Waals surface area contributed by atoms with Crippen molar-refractivity contribution in [1.29, 1.82) is 0 Å². The summed E-state index contributed by atoms with van der Waals surface area (Å²) in [4.78, 5) is 4.20. The fraction of sp³-hybridized carbons (Fsp3) is 0.154. The minimum atomic E-state index is -3.53. The Hall–Kier alpha value is -1.96. The molecule has 0 fully saturated rings. The monoisotopic (exact) mass is 292 g/mol. The Balaban J connectivity index is 2.20. The summed E-state index contributed by atoms with van der Waals surface area (Å²) < 4.78 is 26.1. The molecule has 0 bridgehead atoms. The van der Waals surface area contributed by atoms with Gasteiger partial charge >= 0.3 is 0 Å². The first-order valence-corrected chi connectivity index (χ1v) is 7.40. The van der Waals surface area contributed by atoms with Crippen molar-refractivity contribution in [1.82, 2.24) is 9.29 Å². The van der Waals surface area contributed by atoms with Crippen molar-refractivity contribution < 1.29 is 8.42 Å². The lowest BCUT2D eigenvalue weighted by molar-refractivity contribution is 0.466. The maximum atomic E-state index is 12.4. The third-order valence-corrected chi connectivity index (χ3v) is 4.67. The highest BCUT2D eigenvalue weighted by Gasteiger charge is 2.20. The number of hydrazine groups is 1. The van der Waals surface area contributed by atoms with Crippen molar-refractivity contribution >= 4 is 15.7 Å². The second kappa shape index (κ2) is 6.00. The van der Waals surface area contributed by atoms with Crippen LogP contribution in [-0.4, -0.2) is 24.8 Å². The van der Waals surface area contributed by atoms with Gasteiger partial charge in [0.05, 0.1) is 4.90 Å². The second-order valence-electron chi connectivity index (χ2n) is 4.29. The van der Waals surface area contributed by atoms with Crippen LogP contribution in [-0.2, 0) is 16.6 Å². The summed E-state index contributed by atoms with van der Waals surface area (Å²) in [7, 11) is -1.99. The van der Waals surface area contributed by atoms with E-state index in [4.69, 9.17) is 5.84 Å². The summed E-state index contributed by atoms with van der Waals surface area (Å²) in [5, 5.41) is 0. The van der Waals surface area contributed by atoms with Crippen LogP contribution >= 0.6 is 0 Å². The van der Waals surface area contributed by atoms with Crippen molar-refractivity contribution in [3.8, 4) is 0 Å². The van der Waals surface area contributed by atoms with Crippen molar-refractivity contribution in [3.05, 3.63) is 54.4 Å². The van der Waals surface area contributed by atoms with Gasteiger partial charge in [0.2, 0.25) is 10.0 Å². The number of aromatic nitrogens is 1. The number of nitrogens with zero attached hydrogens (tertiary/aromatic N) is 2. The fourth-order valence-corrected chi connectivity index (χ4v) is 2.90. The van der Waals surface area contributed by atoms with Crippen LogP contribution in [0.4, 0.5) is 5.69 Å². The molecule has 0 aliphatic carbocycles. The Morgan fingerprint density at radius 2 is 1.95 bits per heavy atom. The number of nitrogens with two attached hydrogens (primary N) is 1. The van der Waals surface area contributed by atoms with Gasteiger partial charge in [-0.15, -0.1) is 0 Å². The minimum absolute atomic E-state index is 0.225. The van der Waals surface area contributed by atoms with Gasteiger partial charge in [0.15, 0.2) is 0 Å². The van der Waals surface area contributed by atoms with Gasteiger partial charge < -0.3 is 5.43 Å². The van der Waals surface area contributed by atoms with Gasteiger partial charge in [0, 0.05) is 31.7 Å². The van der Waals surface area contributed by atoms with Gasteiger partial charge in [-0.2, -0.15) is 4.31 Å². The predicted octanol–water partition coefficient (Wildman–Crippen LogP) is 1.19. The van der Waals surface area contributed by atoms with Crippen molar-refractivity contribution in [2.75, 3.05) is 12.5 Å². The zero-order valence-electron chi connectivity index (χ0n) is 11.0. The summed E-state index contributed by atoms with van der Waals surface area (Å²) in [5.74, 6) is 5.25. The first-order chi connectivity index (χ1) is 9.54. The maximum absolute atomic E-state index is 12.4. The molecule has 3 N–H and O–H groups in total. The molecule has 2 aromatic rings. The number of nitrogen functional groups attached to an aromatic ring is 1. The van der Waals surface area contributed by atoms with Crippen molar-refractivity contribution in [3.63, 3.8) is 0 Å². The van der Waals surface area contributed by atoms with E-state index in [9.17, 15) is 8.42 Å². The quantitative estimate of drug-likeness (QED) is 0.638. The van der Waals surface area contributed by atoms with Crippen LogP contribution in [0.2, 0.25) is 0 Å². The van der Waals surface area contributed by atoms with E-state index >= 15 is 0 Å². The maximum Gasteiger partial charge on any atom is 0.243 e. The van der Waals surface area contributed by atoms with Gasteiger partial charge in [-0.25, -0.2) is 8.42 Å². The molecule has 106 valence electrons. The first kappa shape index (κ1) is 14.4. The molecule has 0 radical (unpaired) electrons. The molecule has 6 nitrogen and oxygen atoms in total. The minimum Gasteiger partial charge on any atom is -0.324 e. The number of sulfonamides is 1. The molecule has 0 saturated carbocycles. The topological polar surface area (TPSA) is 88.3 Å². The standard InChI is InChI=1S/C13H16N4O2S/c1-17(10-11-3-2-8-15-9-11)20(18,19)13-6-4-12(16-14)5-7-13/h2-9,16H,10,14H2,1H3. The average molecular weight is 292 g/mol. The lowest BCUT2D eigenvalue weighted by atomic mass is 10.3. The number of anilines is 1. The molecule has 0 spiro atoms. The Morgan fingerprint density at radius 1 is 1.25 bits per heavy atom. The molecular weight excluding hydrogens is 276 g/mol. The Kier molecular flexibility index (Phi) is 4.33.